The smallest absolute Gasteiger partial charge is 0.338 e. The van der Waals surface area contributed by atoms with Crippen molar-refractivity contribution in [1.82, 2.24) is 10.6 Å². The molecule has 0 saturated carbocycles. The van der Waals surface area contributed by atoms with E-state index in [9.17, 15) is 18.0 Å². The van der Waals surface area contributed by atoms with Gasteiger partial charge in [-0.1, -0.05) is 11.6 Å². The minimum atomic E-state index is -4.36. The van der Waals surface area contributed by atoms with Crippen LogP contribution in [0.15, 0.2) is 11.6 Å². The highest BCUT2D eigenvalue weighted by atomic mass is 19.4. The number of hydrogen-bond donors (Lipinski definition) is 2. The second kappa shape index (κ2) is 6.51. The molecule has 1 aliphatic rings. The summed E-state index contributed by atoms with van der Waals surface area (Å²) in [5.74, 6) is 0. The molecule has 0 saturated heterocycles. The summed E-state index contributed by atoms with van der Waals surface area (Å²) in [6.45, 7) is -0.906. The Morgan fingerprint density at radius 1 is 1.29 bits per heavy atom. The van der Waals surface area contributed by atoms with Crippen molar-refractivity contribution in [3.05, 3.63) is 11.6 Å². The Kier molecular flexibility index (Phi) is 5.31. The second-order valence-corrected chi connectivity index (χ2v) is 4.08. The van der Waals surface area contributed by atoms with Gasteiger partial charge in [-0.3, -0.25) is 0 Å². The van der Waals surface area contributed by atoms with E-state index in [1.54, 1.807) is 5.32 Å². The van der Waals surface area contributed by atoms with Crippen LogP contribution in [-0.4, -0.2) is 25.3 Å². The molecule has 98 valence electrons. The number of alkyl halides is 3. The highest BCUT2D eigenvalue weighted by molar-refractivity contribution is 5.73. The van der Waals surface area contributed by atoms with Gasteiger partial charge in [0.15, 0.2) is 0 Å². The van der Waals surface area contributed by atoms with Crippen LogP contribution in [0.2, 0.25) is 0 Å². The largest absolute Gasteiger partial charge is 0.405 e. The van der Waals surface area contributed by atoms with Crippen LogP contribution in [0.25, 0.3) is 0 Å². The fraction of sp³-hybridized carbons (Fsp3) is 0.727. The number of carbonyl (C=O) groups excluding carboxylic acids is 1. The monoisotopic (exact) mass is 250 g/mol. The summed E-state index contributed by atoms with van der Waals surface area (Å²) in [5, 5.41) is 4.18. The summed E-state index contributed by atoms with van der Waals surface area (Å²) in [7, 11) is 0. The van der Waals surface area contributed by atoms with E-state index < -0.39 is 18.8 Å². The van der Waals surface area contributed by atoms with Crippen molar-refractivity contribution in [2.24, 2.45) is 0 Å². The van der Waals surface area contributed by atoms with Crippen molar-refractivity contribution in [2.75, 3.05) is 13.1 Å². The zero-order chi connectivity index (χ0) is 12.7. The lowest BCUT2D eigenvalue weighted by Gasteiger charge is -2.13. The molecule has 0 atom stereocenters. The van der Waals surface area contributed by atoms with E-state index in [1.807, 2.05) is 0 Å². The summed E-state index contributed by atoms with van der Waals surface area (Å²) >= 11 is 0. The molecule has 2 N–H and O–H groups in total. The van der Waals surface area contributed by atoms with Gasteiger partial charge in [0.25, 0.3) is 0 Å². The predicted octanol–water partition coefficient (Wildman–Crippen LogP) is 2.74. The van der Waals surface area contributed by atoms with Crippen LogP contribution in [0.1, 0.15) is 32.1 Å². The third-order valence-electron chi connectivity index (χ3n) is 2.57. The molecule has 3 nitrogen and oxygen atoms in total. The van der Waals surface area contributed by atoms with Crippen LogP contribution in [-0.2, 0) is 0 Å². The molecule has 0 heterocycles. The molecular weight excluding hydrogens is 233 g/mol. The predicted molar refractivity (Wildman–Crippen MR) is 58.6 cm³/mol. The molecule has 17 heavy (non-hydrogen) atoms. The number of allylic oxidation sites excluding steroid dienone is 1. The molecule has 1 rings (SSSR count). The first-order valence-electron chi connectivity index (χ1n) is 5.74. The number of rotatable bonds is 4. The van der Waals surface area contributed by atoms with Crippen LogP contribution in [0, 0.1) is 0 Å². The number of nitrogens with one attached hydrogen (secondary N) is 2. The van der Waals surface area contributed by atoms with Crippen LogP contribution < -0.4 is 10.6 Å². The van der Waals surface area contributed by atoms with Crippen molar-refractivity contribution in [2.45, 2.75) is 38.3 Å². The van der Waals surface area contributed by atoms with Gasteiger partial charge in [-0.2, -0.15) is 13.2 Å². The minimum absolute atomic E-state index is 0.384. The maximum absolute atomic E-state index is 11.8. The van der Waals surface area contributed by atoms with Crippen molar-refractivity contribution < 1.29 is 18.0 Å². The number of amides is 2. The third-order valence-corrected chi connectivity index (χ3v) is 2.57. The van der Waals surface area contributed by atoms with Crippen molar-refractivity contribution in [3.8, 4) is 0 Å². The molecule has 0 aromatic carbocycles. The second-order valence-electron chi connectivity index (χ2n) is 4.08. The Morgan fingerprint density at radius 3 is 2.65 bits per heavy atom. The SMILES string of the molecule is O=C(NCCC1=CCCCC1)NCC(F)(F)F. The Hall–Kier alpha value is -1.20. The number of halogens is 3. The number of carbonyl (C=O) groups is 1. The Bertz CT molecular complexity index is 287. The van der Waals surface area contributed by atoms with Gasteiger partial charge in [0.05, 0.1) is 0 Å². The van der Waals surface area contributed by atoms with Gasteiger partial charge in [0.1, 0.15) is 6.54 Å². The maximum Gasteiger partial charge on any atom is 0.405 e. The molecule has 1 aliphatic carbocycles. The van der Waals surface area contributed by atoms with Gasteiger partial charge in [-0.15, -0.1) is 0 Å². The van der Waals surface area contributed by atoms with E-state index in [4.69, 9.17) is 0 Å². The first-order chi connectivity index (χ1) is 7.97. The Labute approximate surface area is 98.5 Å². The normalized spacial score (nSPS) is 16.3. The molecule has 0 aromatic heterocycles. The fourth-order valence-corrected chi connectivity index (χ4v) is 1.71. The summed E-state index contributed by atoms with van der Waals surface area (Å²) in [6.07, 6.45) is 2.97. The van der Waals surface area contributed by atoms with E-state index >= 15 is 0 Å². The summed E-state index contributed by atoms with van der Waals surface area (Å²) in [6, 6.07) is -0.765. The average Bonchev–Trinajstić information content (AvgIpc) is 2.27. The molecule has 0 aliphatic heterocycles. The van der Waals surface area contributed by atoms with Crippen LogP contribution in [0.5, 0.6) is 0 Å². The van der Waals surface area contributed by atoms with Gasteiger partial charge in [-0.25, -0.2) is 4.79 Å². The van der Waals surface area contributed by atoms with Crippen LogP contribution in [0.4, 0.5) is 18.0 Å². The molecule has 0 fully saturated rings. The number of urea groups is 1. The summed E-state index contributed by atoms with van der Waals surface area (Å²) in [4.78, 5) is 11.0. The number of hydrogen-bond acceptors (Lipinski definition) is 1. The standard InChI is InChI=1S/C11H17F3N2O/c12-11(13,14)8-16-10(17)15-7-6-9-4-2-1-3-5-9/h4H,1-3,5-8H2,(H2,15,16,17). The topological polar surface area (TPSA) is 41.1 Å². The van der Waals surface area contributed by atoms with E-state index in [1.165, 1.54) is 12.0 Å². The van der Waals surface area contributed by atoms with E-state index in [0.717, 1.165) is 25.7 Å². The zero-order valence-electron chi connectivity index (χ0n) is 9.57. The quantitative estimate of drug-likeness (QED) is 0.740. The van der Waals surface area contributed by atoms with Crippen LogP contribution >= 0.6 is 0 Å². The molecule has 0 bridgehead atoms. The highest BCUT2D eigenvalue weighted by Crippen LogP contribution is 2.19. The van der Waals surface area contributed by atoms with Gasteiger partial charge >= 0.3 is 12.2 Å². The van der Waals surface area contributed by atoms with Gasteiger partial charge < -0.3 is 10.6 Å². The fourth-order valence-electron chi connectivity index (χ4n) is 1.71. The zero-order valence-corrected chi connectivity index (χ0v) is 9.57. The lowest BCUT2D eigenvalue weighted by atomic mass is 9.97. The molecule has 6 heteroatoms. The van der Waals surface area contributed by atoms with Crippen molar-refractivity contribution >= 4 is 6.03 Å². The first-order valence-corrected chi connectivity index (χ1v) is 5.74. The lowest BCUT2D eigenvalue weighted by molar-refractivity contribution is -0.122. The first kappa shape index (κ1) is 13.9. The lowest BCUT2D eigenvalue weighted by Crippen LogP contribution is -2.41. The highest BCUT2D eigenvalue weighted by Gasteiger charge is 2.27. The molecular formula is C11H17F3N2O. The van der Waals surface area contributed by atoms with Gasteiger partial charge in [0.2, 0.25) is 0 Å². The Morgan fingerprint density at radius 2 is 2.06 bits per heavy atom. The van der Waals surface area contributed by atoms with E-state index in [0.29, 0.717) is 6.54 Å². The van der Waals surface area contributed by atoms with Crippen LogP contribution in [0.3, 0.4) is 0 Å². The third kappa shape index (κ3) is 6.86. The molecule has 0 spiro atoms. The van der Waals surface area contributed by atoms with Gasteiger partial charge in [0, 0.05) is 6.54 Å². The van der Waals surface area contributed by atoms with E-state index in [-0.39, 0.29) is 0 Å². The molecule has 2 amide bonds. The molecule has 0 unspecified atom stereocenters. The van der Waals surface area contributed by atoms with Crippen molar-refractivity contribution in [3.63, 3.8) is 0 Å². The summed E-state index contributed by atoms with van der Waals surface area (Å²) in [5.41, 5.74) is 1.28. The summed E-state index contributed by atoms with van der Waals surface area (Å²) < 4.78 is 35.3. The average molecular weight is 250 g/mol. The minimum Gasteiger partial charge on any atom is -0.338 e. The Balaban J connectivity index is 2.09. The maximum atomic E-state index is 11.8. The molecule has 0 radical (unpaired) electrons. The van der Waals surface area contributed by atoms with Gasteiger partial charge in [-0.05, 0) is 32.1 Å². The molecule has 0 aromatic rings. The van der Waals surface area contributed by atoms with Crippen molar-refractivity contribution in [1.29, 1.82) is 0 Å². The van der Waals surface area contributed by atoms with E-state index in [2.05, 4.69) is 11.4 Å².